The molecule has 1 aromatic carbocycles. The number of halogens is 1. The topological polar surface area (TPSA) is 68.5 Å². The molecule has 0 spiro atoms. The van der Waals surface area contributed by atoms with Gasteiger partial charge in [-0.2, -0.15) is 0 Å². The van der Waals surface area contributed by atoms with Gasteiger partial charge < -0.3 is 10.1 Å². The van der Waals surface area contributed by atoms with Crippen LogP contribution < -0.4 is 10.1 Å². The van der Waals surface area contributed by atoms with Crippen molar-refractivity contribution < 1.29 is 9.53 Å². The number of carbonyl (C=O) groups excluding carboxylic acids is 1. The van der Waals surface area contributed by atoms with Gasteiger partial charge in [0.2, 0.25) is 0 Å². The van der Waals surface area contributed by atoms with E-state index in [1.807, 2.05) is 35.7 Å². The summed E-state index contributed by atoms with van der Waals surface area (Å²) >= 11 is 5.87. The first kappa shape index (κ1) is 17.2. The van der Waals surface area contributed by atoms with E-state index in [1.54, 1.807) is 38.1 Å². The number of pyridine rings is 1. The number of ether oxygens (including phenoxy) is 1. The predicted molar refractivity (Wildman–Crippen MR) is 95.7 cm³/mol. The van der Waals surface area contributed by atoms with Crippen LogP contribution in [0.2, 0.25) is 5.02 Å². The third-order valence-electron chi connectivity index (χ3n) is 3.81. The number of nitrogens with one attached hydrogen (secondary N) is 1. The molecule has 0 fully saturated rings. The van der Waals surface area contributed by atoms with Crippen LogP contribution >= 0.6 is 11.6 Å². The van der Waals surface area contributed by atoms with Gasteiger partial charge >= 0.3 is 0 Å². The van der Waals surface area contributed by atoms with E-state index < -0.39 is 5.60 Å². The highest BCUT2D eigenvalue weighted by atomic mass is 35.5. The maximum absolute atomic E-state index is 12.7. The first-order chi connectivity index (χ1) is 11.9. The Bertz CT molecular complexity index is 889. The Hall–Kier alpha value is -2.60. The Balaban J connectivity index is 1.72. The van der Waals surface area contributed by atoms with Gasteiger partial charge in [-0.1, -0.05) is 17.7 Å². The molecule has 7 heteroatoms. The molecule has 0 aliphatic heterocycles. The number of amides is 1. The highest BCUT2D eigenvalue weighted by Gasteiger charge is 2.32. The van der Waals surface area contributed by atoms with Crippen LogP contribution in [0.4, 0.5) is 0 Å². The van der Waals surface area contributed by atoms with E-state index in [2.05, 4.69) is 15.5 Å². The summed E-state index contributed by atoms with van der Waals surface area (Å²) in [7, 11) is 0. The second-order valence-corrected chi connectivity index (χ2v) is 6.68. The summed E-state index contributed by atoms with van der Waals surface area (Å²) in [5.74, 6) is 0.985. The molecular weight excluding hydrogens is 340 g/mol. The number of nitrogens with zero attached hydrogens (tertiary/aromatic N) is 3. The first-order valence-corrected chi connectivity index (χ1v) is 8.30. The molecule has 3 rings (SSSR count). The van der Waals surface area contributed by atoms with Crippen LogP contribution in [0.15, 0.2) is 48.7 Å². The molecule has 130 valence electrons. The molecular formula is C18H19ClN4O2. The molecule has 0 aliphatic carbocycles. The smallest absolute Gasteiger partial charge is 0.264 e. The second kappa shape index (κ2) is 6.72. The normalized spacial score (nSPS) is 12.8. The van der Waals surface area contributed by atoms with Crippen molar-refractivity contribution >= 4 is 23.2 Å². The maximum Gasteiger partial charge on any atom is 0.264 e. The molecule has 2 heterocycles. The van der Waals surface area contributed by atoms with Gasteiger partial charge in [0.15, 0.2) is 17.1 Å². The molecule has 0 saturated heterocycles. The Morgan fingerprint density at radius 2 is 1.92 bits per heavy atom. The Morgan fingerprint density at radius 3 is 2.64 bits per heavy atom. The summed E-state index contributed by atoms with van der Waals surface area (Å²) in [6.45, 7) is 5.29. The third-order valence-corrected chi connectivity index (χ3v) is 4.06. The average Bonchev–Trinajstić information content (AvgIpc) is 3.01. The molecule has 1 N–H and O–H groups in total. The number of fused-ring (bicyclic) bond motifs is 1. The van der Waals surface area contributed by atoms with E-state index in [9.17, 15) is 4.79 Å². The van der Waals surface area contributed by atoms with Crippen LogP contribution in [0.3, 0.4) is 0 Å². The molecule has 25 heavy (non-hydrogen) atoms. The lowest BCUT2D eigenvalue weighted by Crippen LogP contribution is -2.47. The van der Waals surface area contributed by atoms with Gasteiger partial charge in [0.1, 0.15) is 5.75 Å². The summed E-state index contributed by atoms with van der Waals surface area (Å²) in [6, 6.07) is 12.2. The molecule has 0 saturated carbocycles. The lowest BCUT2D eigenvalue weighted by molar-refractivity contribution is -0.135. The van der Waals surface area contributed by atoms with E-state index in [0.29, 0.717) is 16.6 Å². The Labute approximate surface area is 150 Å². The highest BCUT2D eigenvalue weighted by molar-refractivity contribution is 6.30. The fourth-order valence-electron chi connectivity index (χ4n) is 2.43. The number of benzene rings is 1. The van der Waals surface area contributed by atoms with Crippen molar-refractivity contribution in [3.63, 3.8) is 0 Å². The van der Waals surface area contributed by atoms with E-state index in [1.165, 1.54) is 0 Å². The number of hydrogen-bond acceptors (Lipinski definition) is 4. The molecule has 1 atom stereocenters. The minimum absolute atomic E-state index is 0.248. The van der Waals surface area contributed by atoms with Crippen molar-refractivity contribution in [2.75, 3.05) is 0 Å². The van der Waals surface area contributed by atoms with E-state index >= 15 is 0 Å². The zero-order valence-electron chi connectivity index (χ0n) is 14.2. The van der Waals surface area contributed by atoms with Crippen molar-refractivity contribution in [1.82, 2.24) is 19.9 Å². The molecule has 1 unspecified atom stereocenters. The van der Waals surface area contributed by atoms with Gasteiger partial charge in [0, 0.05) is 11.2 Å². The van der Waals surface area contributed by atoms with Gasteiger partial charge in [0.25, 0.3) is 5.91 Å². The first-order valence-electron chi connectivity index (χ1n) is 7.92. The van der Waals surface area contributed by atoms with E-state index in [-0.39, 0.29) is 11.9 Å². The van der Waals surface area contributed by atoms with Crippen LogP contribution in [-0.2, 0) is 4.79 Å². The van der Waals surface area contributed by atoms with Crippen LogP contribution in [0.25, 0.3) is 5.65 Å². The fraction of sp³-hybridized carbons (Fsp3) is 0.278. The largest absolute Gasteiger partial charge is 0.478 e. The lowest BCUT2D eigenvalue weighted by atomic mass is 10.1. The van der Waals surface area contributed by atoms with Crippen molar-refractivity contribution in [2.24, 2.45) is 0 Å². The fourth-order valence-corrected chi connectivity index (χ4v) is 2.56. The van der Waals surface area contributed by atoms with Crippen LogP contribution in [-0.4, -0.2) is 26.1 Å². The summed E-state index contributed by atoms with van der Waals surface area (Å²) in [4.78, 5) is 12.7. The number of carbonyl (C=O) groups is 1. The zero-order chi connectivity index (χ0) is 18.0. The minimum atomic E-state index is -1.05. The zero-order valence-corrected chi connectivity index (χ0v) is 15.0. The molecule has 0 radical (unpaired) electrons. The van der Waals surface area contributed by atoms with Gasteiger partial charge in [-0.05, 0) is 57.2 Å². The van der Waals surface area contributed by atoms with Crippen LogP contribution in [0.1, 0.15) is 32.6 Å². The van der Waals surface area contributed by atoms with E-state index in [0.717, 1.165) is 5.65 Å². The Kier molecular flexibility index (Phi) is 4.63. The van der Waals surface area contributed by atoms with Gasteiger partial charge in [-0.3, -0.25) is 9.20 Å². The standard InChI is InChI=1S/C18H19ClN4O2/c1-12(16-22-21-15-6-4-5-11-23(15)16)20-17(24)18(2,3)25-14-9-7-13(19)8-10-14/h4-12H,1-3H3,(H,20,24). The lowest BCUT2D eigenvalue weighted by Gasteiger charge is -2.27. The minimum Gasteiger partial charge on any atom is -0.478 e. The molecule has 0 bridgehead atoms. The summed E-state index contributed by atoms with van der Waals surface area (Å²) in [5.41, 5.74) is -0.321. The van der Waals surface area contributed by atoms with Crippen molar-refractivity contribution in [2.45, 2.75) is 32.4 Å². The van der Waals surface area contributed by atoms with Crippen molar-refractivity contribution in [3.8, 4) is 5.75 Å². The summed E-state index contributed by atoms with van der Waals surface area (Å²) in [6.07, 6.45) is 1.86. The maximum atomic E-state index is 12.7. The molecule has 2 aromatic heterocycles. The number of hydrogen-bond donors (Lipinski definition) is 1. The van der Waals surface area contributed by atoms with Crippen LogP contribution in [0, 0.1) is 0 Å². The average molecular weight is 359 g/mol. The molecule has 3 aromatic rings. The second-order valence-electron chi connectivity index (χ2n) is 6.25. The highest BCUT2D eigenvalue weighted by Crippen LogP contribution is 2.22. The monoisotopic (exact) mass is 358 g/mol. The Morgan fingerprint density at radius 1 is 1.20 bits per heavy atom. The van der Waals surface area contributed by atoms with Crippen molar-refractivity contribution in [1.29, 1.82) is 0 Å². The van der Waals surface area contributed by atoms with Gasteiger partial charge in [0.05, 0.1) is 6.04 Å². The van der Waals surface area contributed by atoms with E-state index in [4.69, 9.17) is 16.3 Å². The third kappa shape index (κ3) is 3.74. The van der Waals surface area contributed by atoms with Crippen LogP contribution in [0.5, 0.6) is 5.75 Å². The molecule has 6 nitrogen and oxygen atoms in total. The predicted octanol–water partition coefficient (Wildman–Crippen LogP) is 3.42. The number of aromatic nitrogens is 3. The molecule has 1 amide bonds. The van der Waals surface area contributed by atoms with Gasteiger partial charge in [-0.15, -0.1) is 10.2 Å². The van der Waals surface area contributed by atoms with Crippen molar-refractivity contribution in [3.05, 3.63) is 59.5 Å². The SMILES string of the molecule is CC(NC(=O)C(C)(C)Oc1ccc(Cl)cc1)c1nnc2ccccn12. The summed E-state index contributed by atoms with van der Waals surface area (Å²) in [5, 5.41) is 11.8. The van der Waals surface area contributed by atoms with Gasteiger partial charge in [-0.25, -0.2) is 0 Å². The quantitative estimate of drug-likeness (QED) is 0.758. The number of rotatable bonds is 5. The summed E-state index contributed by atoms with van der Waals surface area (Å²) < 4.78 is 7.66. The molecule has 0 aliphatic rings.